The molecule has 106 valence electrons. The normalized spacial score (nSPS) is 10.8. The van der Waals surface area contributed by atoms with Crippen molar-refractivity contribution in [2.24, 2.45) is 0 Å². The number of benzene rings is 2. The Morgan fingerprint density at radius 2 is 1.50 bits per heavy atom. The van der Waals surface area contributed by atoms with Gasteiger partial charge in [0.1, 0.15) is 0 Å². The van der Waals surface area contributed by atoms with E-state index < -0.39 is 0 Å². The van der Waals surface area contributed by atoms with E-state index >= 15 is 0 Å². The predicted octanol–water partition coefficient (Wildman–Crippen LogP) is 6.57. The number of hydrogen-bond acceptors (Lipinski definition) is 0. The van der Waals surface area contributed by atoms with Crippen molar-refractivity contribution in [3.05, 3.63) is 57.6 Å². The predicted molar refractivity (Wildman–Crippen MR) is 89.9 cm³/mol. The SMILES string of the molecule is CCCc1cc(-c2c(Cl)cccc2CCC)ccc1Cl. The van der Waals surface area contributed by atoms with Crippen LogP contribution in [0.2, 0.25) is 10.0 Å². The zero-order valence-corrected chi connectivity index (χ0v) is 13.6. The standard InChI is InChI=1S/C18H20Cl2/c1-3-6-13-8-5-9-17(20)18(13)15-10-11-16(19)14(12-15)7-4-2/h5,8-12H,3-4,6-7H2,1-2H3. The molecule has 0 aliphatic carbocycles. The van der Waals surface area contributed by atoms with E-state index in [9.17, 15) is 0 Å². The maximum atomic E-state index is 6.44. The molecule has 0 spiro atoms. The summed E-state index contributed by atoms with van der Waals surface area (Å²) in [6.07, 6.45) is 4.25. The molecule has 2 aromatic carbocycles. The van der Waals surface area contributed by atoms with Gasteiger partial charge >= 0.3 is 0 Å². The molecule has 0 aliphatic rings. The minimum Gasteiger partial charge on any atom is -0.0840 e. The number of hydrogen-bond donors (Lipinski definition) is 0. The molecule has 0 fully saturated rings. The Kier molecular flexibility index (Phi) is 5.51. The van der Waals surface area contributed by atoms with E-state index in [1.165, 1.54) is 16.7 Å². The Bertz CT molecular complexity index is 588. The highest BCUT2D eigenvalue weighted by atomic mass is 35.5. The Labute approximate surface area is 131 Å². The molecule has 0 N–H and O–H groups in total. The van der Waals surface area contributed by atoms with Crippen LogP contribution in [0.1, 0.15) is 37.8 Å². The van der Waals surface area contributed by atoms with Gasteiger partial charge in [-0.15, -0.1) is 0 Å². The van der Waals surface area contributed by atoms with E-state index in [1.807, 2.05) is 18.2 Å². The third-order valence-corrected chi connectivity index (χ3v) is 4.16. The van der Waals surface area contributed by atoms with Crippen molar-refractivity contribution in [3.8, 4) is 11.1 Å². The first-order chi connectivity index (χ1) is 9.67. The second-order valence-electron chi connectivity index (χ2n) is 5.08. The van der Waals surface area contributed by atoms with Crippen molar-refractivity contribution >= 4 is 23.2 Å². The summed E-state index contributed by atoms with van der Waals surface area (Å²) in [5, 5.41) is 1.67. The van der Waals surface area contributed by atoms with Gasteiger partial charge in [-0.2, -0.15) is 0 Å². The summed E-state index contributed by atoms with van der Waals surface area (Å²) in [5.74, 6) is 0. The van der Waals surface area contributed by atoms with Gasteiger partial charge in [0.15, 0.2) is 0 Å². The van der Waals surface area contributed by atoms with Gasteiger partial charge < -0.3 is 0 Å². The minimum absolute atomic E-state index is 0.820. The fourth-order valence-electron chi connectivity index (χ4n) is 2.56. The molecule has 0 nitrogen and oxygen atoms in total. The highest BCUT2D eigenvalue weighted by Gasteiger charge is 2.11. The highest BCUT2D eigenvalue weighted by Crippen LogP contribution is 2.34. The van der Waals surface area contributed by atoms with Gasteiger partial charge in [-0.1, -0.05) is 68.1 Å². The third kappa shape index (κ3) is 3.37. The van der Waals surface area contributed by atoms with E-state index in [-0.39, 0.29) is 0 Å². The van der Waals surface area contributed by atoms with Crippen LogP contribution in [0.5, 0.6) is 0 Å². The molecular formula is C18H20Cl2. The molecule has 0 unspecified atom stereocenters. The zero-order chi connectivity index (χ0) is 14.5. The van der Waals surface area contributed by atoms with Crippen molar-refractivity contribution in [2.75, 3.05) is 0 Å². The van der Waals surface area contributed by atoms with Crippen molar-refractivity contribution in [2.45, 2.75) is 39.5 Å². The molecule has 0 bridgehead atoms. The van der Waals surface area contributed by atoms with Gasteiger partial charge in [0.2, 0.25) is 0 Å². The minimum atomic E-state index is 0.820. The van der Waals surface area contributed by atoms with Crippen LogP contribution in [0.3, 0.4) is 0 Å². The molecule has 0 aromatic heterocycles. The van der Waals surface area contributed by atoms with Crippen LogP contribution in [0.25, 0.3) is 11.1 Å². The first-order valence-corrected chi connectivity index (χ1v) is 7.99. The molecule has 0 heterocycles. The summed E-state index contributed by atoms with van der Waals surface area (Å²) in [6.45, 7) is 4.36. The first kappa shape index (κ1) is 15.4. The molecule has 0 amide bonds. The lowest BCUT2D eigenvalue weighted by Crippen LogP contribution is -1.93. The van der Waals surface area contributed by atoms with Crippen molar-refractivity contribution in [3.63, 3.8) is 0 Å². The van der Waals surface area contributed by atoms with E-state index in [4.69, 9.17) is 23.2 Å². The average Bonchev–Trinajstić information content (AvgIpc) is 2.43. The lowest BCUT2D eigenvalue weighted by molar-refractivity contribution is 0.919. The van der Waals surface area contributed by atoms with Crippen molar-refractivity contribution < 1.29 is 0 Å². The Balaban J connectivity index is 2.53. The maximum Gasteiger partial charge on any atom is 0.0487 e. The summed E-state index contributed by atoms with van der Waals surface area (Å²) < 4.78 is 0. The van der Waals surface area contributed by atoms with Gasteiger partial charge in [0.05, 0.1) is 0 Å². The van der Waals surface area contributed by atoms with Crippen LogP contribution >= 0.6 is 23.2 Å². The Morgan fingerprint density at radius 3 is 2.20 bits per heavy atom. The number of aryl methyl sites for hydroxylation is 2. The van der Waals surface area contributed by atoms with E-state index in [2.05, 4.69) is 32.0 Å². The van der Waals surface area contributed by atoms with Crippen LogP contribution in [-0.2, 0) is 12.8 Å². The van der Waals surface area contributed by atoms with Gasteiger partial charge in [-0.3, -0.25) is 0 Å². The van der Waals surface area contributed by atoms with Crippen LogP contribution in [0.15, 0.2) is 36.4 Å². The van der Waals surface area contributed by atoms with E-state index in [0.717, 1.165) is 41.3 Å². The van der Waals surface area contributed by atoms with E-state index in [0.29, 0.717) is 0 Å². The molecule has 2 aromatic rings. The molecule has 0 saturated carbocycles. The maximum absolute atomic E-state index is 6.44. The molecule has 0 aliphatic heterocycles. The molecule has 0 radical (unpaired) electrons. The zero-order valence-electron chi connectivity index (χ0n) is 12.0. The number of rotatable bonds is 5. The van der Waals surface area contributed by atoms with Crippen molar-refractivity contribution in [1.29, 1.82) is 0 Å². The van der Waals surface area contributed by atoms with E-state index in [1.54, 1.807) is 0 Å². The Morgan fingerprint density at radius 1 is 0.800 bits per heavy atom. The van der Waals surface area contributed by atoms with Gasteiger partial charge in [-0.25, -0.2) is 0 Å². The molecule has 20 heavy (non-hydrogen) atoms. The molecule has 2 rings (SSSR count). The van der Waals surface area contributed by atoms with Crippen LogP contribution < -0.4 is 0 Å². The summed E-state index contributed by atoms with van der Waals surface area (Å²) in [4.78, 5) is 0. The second-order valence-corrected chi connectivity index (χ2v) is 5.89. The quantitative estimate of drug-likeness (QED) is 0.586. The Hall–Kier alpha value is -0.980. The average molecular weight is 307 g/mol. The lowest BCUT2D eigenvalue weighted by Gasteiger charge is -2.13. The molecular weight excluding hydrogens is 287 g/mol. The van der Waals surface area contributed by atoms with Gasteiger partial charge in [0.25, 0.3) is 0 Å². The summed E-state index contributed by atoms with van der Waals surface area (Å²) >= 11 is 12.7. The fourth-order valence-corrected chi connectivity index (χ4v) is 3.08. The number of halogens is 2. The fraction of sp³-hybridized carbons (Fsp3) is 0.333. The first-order valence-electron chi connectivity index (χ1n) is 7.23. The smallest absolute Gasteiger partial charge is 0.0487 e. The third-order valence-electron chi connectivity index (χ3n) is 3.47. The summed E-state index contributed by atoms with van der Waals surface area (Å²) in [5.41, 5.74) is 4.84. The van der Waals surface area contributed by atoms with Gasteiger partial charge in [0, 0.05) is 15.6 Å². The monoisotopic (exact) mass is 306 g/mol. The highest BCUT2D eigenvalue weighted by molar-refractivity contribution is 6.33. The second kappa shape index (κ2) is 7.15. The van der Waals surface area contributed by atoms with Crippen LogP contribution in [0.4, 0.5) is 0 Å². The van der Waals surface area contributed by atoms with Crippen molar-refractivity contribution in [1.82, 2.24) is 0 Å². The molecule has 0 atom stereocenters. The molecule has 0 saturated heterocycles. The molecule has 2 heteroatoms. The summed E-state index contributed by atoms with van der Waals surface area (Å²) in [7, 11) is 0. The topological polar surface area (TPSA) is 0 Å². The van der Waals surface area contributed by atoms with Crippen LogP contribution in [-0.4, -0.2) is 0 Å². The lowest BCUT2D eigenvalue weighted by atomic mass is 9.95. The van der Waals surface area contributed by atoms with Gasteiger partial charge in [-0.05, 0) is 47.7 Å². The summed E-state index contributed by atoms with van der Waals surface area (Å²) in [6, 6.07) is 12.4. The van der Waals surface area contributed by atoms with Crippen LogP contribution in [0, 0.1) is 0 Å². The largest absolute Gasteiger partial charge is 0.0840 e.